The number of hydrogen-bond donors (Lipinski definition) is 1. The highest BCUT2D eigenvalue weighted by molar-refractivity contribution is 7.89. The highest BCUT2D eigenvalue weighted by atomic mass is 32.2. The summed E-state index contributed by atoms with van der Waals surface area (Å²) in [5, 5.41) is 0. The van der Waals surface area contributed by atoms with E-state index in [2.05, 4.69) is 18.6 Å². The van der Waals surface area contributed by atoms with Gasteiger partial charge in [-0.1, -0.05) is 19.9 Å². The van der Waals surface area contributed by atoms with E-state index >= 15 is 0 Å². The summed E-state index contributed by atoms with van der Waals surface area (Å²) in [6.07, 6.45) is 0.812. The van der Waals surface area contributed by atoms with Crippen LogP contribution in [0, 0.1) is 19.8 Å². The van der Waals surface area contributed by atoms with Gasteiger partial charge in [0.2, 0.25) is 10.0 Å². The zero-order valence-corrected chi connectivity index (χ0v) is 13.1. The number of methoxy groups -OCH3 is 1. The average molecular weight is 285 g/mol. The molecule has 108 valence electrons. The van der Waals surface area contributed by atoms with Gasteiger partial charge in [-0.2, -0.15) is 0 Å². The van der Waals surface area contributed by atoms with E-state index in [-0.39, 0.29) is 4.90 Å². The minimum Gasteiger partial charge on any atom is -0.495 e. The van der Waals surface area contributed by atoms with Crippen molar-refractivity contribution in [2.45, 2.75) is 39.0 Å². The smallest absolute Gasteiger partial charge is 0.244 e. The fraction of sp³-hybridized carbons (Fsp3) is 0.571. The highest BCUT2D eigenvalue weighted by Crippen LogP contribution is 2.28. The third-order valence-electron chi connectivity index (χ3n) is 2.89. The molecule has 4 nitrogen and oxygen atoms in total. The molecule has 1 N–H and O–H groups in total. The van der Waals surface area contributed by atoms with Crippen LogP contribution in [0.2, 0.25) is 0 Å². The summed E-state index contributed by atoms with van der Waals surface area (Å²) in [6.45, 7) is 8.26. The lowest BCUT2D eigenvalue weighted by atomic mass is 10.1. The molecule has 1 rings (SSSR count). The van der Waals surface area contributed by atoms with E-state index < -0.39 is 10.0 Å². The molecule has 0 saturated heterocycles. The zero-order valence-electron chi connectivity index (χ0n) is 12.3. The van der Waals surface area contributed by atoms with Crippen LogP contribution in [-0.2, 0) is 10.0 Å². The zero-order chi connectivity index (χ0) is 14.6. The molecule has 1 aromatic rings. The van der Waals surface area contributed by atoms with Gasteiger partial charge in [0.1, 0.15) is 10.6 Å². The summed E-state index contributed by atoms with van der Waals surface area (Å²) < 4.78 is 32.5. The van der Waals surface area contributed by atoms with Gasteiger partial charge in [-0.25, -0.2) is 13.1 Å². The second-order valence-corrected chi connectivity index (χ2v) is 6.90. The third-order valence-corrected chi connectivity index (χ3v) is 4.53. The average Bonchev–Trinajstić information content (AvgIpc) is 2.26. The Labute approximate surface area is 116 Å². The molecule has 0 radical (unpaired) electrons. The van der Waals surface area contributed by atoms with Crippen LogP contribution in [0.5, 0.6) is 5.75 Å². The Hall–Kier alpha value is -1.07. The van der Waals surface area contributed by atoms with Crippen molar-refractivity contribution in [2.24, 2.45) is 5.92 Å². The molecule has 0 heterocycles. The lowest BCUT2D eigenvalue weighted by Crippen LogP contribution is -2.26. The van der Waals surface area contributed by atoms with E-state index in [4.69, 9.17) is 4.74 Å². The second kappa shape index (κ2) is 6.39. The van der Waals surface area contributed by atoms with Crippen LogP contribution in [0.3, 0.4) is 0 Å². The van der Waals surface area contributed by atoms with Crippen molar-refractivity contribution >= 4 is 10.0 Å². The Morgan fingerprint density at radius 1 is 1.26 bits per heavy atom. The van der Waals surface area contributed by atoms with Gasteiger partial charge in [0.25, 0.3) is 0 Å². The van der Waals surface area contributed by atoms with Gasteiger partial charge in [-0.3, -0.25) is 0 Å². The number of nitrogens with one attached hydrogen (secondary N) is 1. The number of hydrogen-bond acceptors (Lipinski definition) is 3. The maximum Gasteiger partial charge on any atom is 0.244 e. The number of sulfonamides is 1. The third kappa shape index (κ3) is 4.21. The van der Waals surface area contributed by atoms with Crippen molar-refractivity contribution in [3.05, 3.63) is 23.3 Å². The number of aryl methyl sites for hydroxylation is 2. The first kappa shape index (κ1) is 16.0. The standard InChI is InChI=1S/C14H23NO3S/c1-10(2)6-7-15-19(16,17)14-12(4)8-11(3)9-13(14)18-5/h8-10,15H,6-7H2,1-5H3. The molecule has 1 aromatic carbocycles. The molecule has 0 bridgehead atoms. The number of ether oxygens (including phenoxy) is 1. The summed E-state index contributed by atoms with van der Waals surface area (Å²) in [5.41, 5.74) is 1.68. The van der Waals surface area contributed by atoms with E-state index in [9.17, 15) is 8.42 Å². The van der Waals surface area contributed by atoms with Gasteiger partial charge >= 0.3 is 0 Å². The molecule has 0 unspecified atom stereocenters. The fourth-order valence-electron chi connectivity index (χ4n) is 1.97. The fourth-order valence-corrected chi connectivity index (χ4v) is 3.39. The van der Waals surface area contributed by atoms with E-state index in [0.29, 0.717) is 23.8 Å². The lowest BCUT2D eigenvalue weighted by Gasteiger charge is -2.14. The lowest BCUT2D eigenvalue weighted by molar-refractivity contribution is 0.401. The Bertz CT molecular complexity index is 536. The van der Waals surface area contributed by atoms with E-state index in [0.717, 1.165) is 12.0 Å². The first-order valence-electron chi connectivity index (χ1n) is 6.43. The van der Waals surface area contributed by atoms with Gasteiger partial charge < -0.3 is 4.74 Å². The van der Waals surface area contributed by atoms with Crippen LogP contribution in [0.25, 0.3) is 0 Å². The molecule has 0 aliphatic rings. The van der Waals surface area contributed by atoms with Crippen LogP contribution in [0.15, 0.2) is 17.0 Å². The number of rotatable bonds is 6. The molecule has 0 aliphatic heterocycles. The maximum atomic E-state index is 12.3. The molecule has 0 spiro atoms. The van der Waals surface area contributed by atoms with Crippen LogP contribution in [0.4, 0.5) is 0 Å². The van der Waals surface area contributed by atoms with Crippen molar-refractivity contribution in [3.63, 3.8) is 0 Å². The Kier molecular flexibility index (Phi) is 5.38. The van der Waals surface area contributed by atoms with Crippen molar-refractivity contribution in [2.75, 3.05) is 13.7 Å². The normalized spacial score (nSPS) is 11.9. The summed E-state index contributed by atoms with van der Waals surface area (Å²) in [6, 6.07) is 3.59. The van der Waals surface area contributed by atoms with Crippen molar-refractivity contribution in [1.29, 1.82) is 0 Å². The SMILES string of the molecule is COc1cc(C)cc(C)c1S(=O)(=O)NCCC(C)C. The first-order chi connectivity index (χ1) is 8.77. The summed E-state index contributed by atoms with van der Waals surface area (Å²) >= 11 is 0. The Balaban J connectivity index is 3.07. The molecule has 19 heavy (non-hydrogen) atoms. The highest BCUT2D eigenvalue weighted by Gasteiger charge is 2.22. The molecular formula is C14H23NO3S. The van der Waals surface area contributed by atoms with Gasteiger partial charge in [0.05, 0.1) is 7.11 Å². The molecule has 0 saturated carbocycles. The quantitative estimate of drug-likeness (QED) is 0.874. The van der Waals surface area contributed by atoms with Crippen LogP contribution < -0.4 is 9.46 Å². The number of benzene rings is 1. The van der Waals surface area contributed by atoms with Crippen molar-refractivity contribution in [1.82, 2.24) is 4.72 Å². The van der Waals surface area contributed by atoms with Gasteiger partial charge in [-0.05, 0) is 43.4 Å². The largest absolute Gasteiger partial charge is 0.495 e. The minimum atomic E-state index is -3.52. The van der Waals surface area contributed by atoms with E-state index in [1.54, 1.807) is 13.0 Å². The predicted molar refractivity (Wildman–Crippen MR) is 77.1 cm³/mol. The first-order valence-corrected chi connectivity index (χ1v) is 7.91. The van der Waals surface area contributed by atoms with E-state index in [1.165, 1.54) is 7.11 Å². The minimum absolute atomic E-state index is 0.240. The molecule has 0 aromatic heterocycles. The van der Waals surface area contributed by atoms with Crippen molar-refractivity contribution < 1.29 is 13.2 Å². The summed E-state index contributed by atoms with van der Waals surface area (Å²) in [5.74, 6) is 0.859. The topological polar surface area (TPSA) is 55.4 Å². The van der Waals surface area contributed by atoms with Crippen LogP contribution >= 0.6 is 0 Å². The van der Waals surface area contributed by atoms with E-state index in [1.807, 2.05) is 13.0 Å². The van der Waals surface area contributed by atoms with Gasteiger partial charge in [0, 0.05) is 6.54 Å². The molecular weight excluding hydrogens is 262 g/mol. The van der Waals surface area contributed by atoms with Crippen molar-refractivity contribution in [3.8, 4) is 5.75 Å². The van der Waals surface area contributed by atoms with Gasteiger partial charge in [-0.15, -0.1) is 0 Å². The molecule has 0 atom stereocenters. The Morgan fingerprint density at radius 2 is 1.89 bits per heavy atom. The maximum absolute atomic E-state index is 12.3. The molecule has 0 aliphatic carbocycles. The molecule has 0 amide bonds. The van der Waals surface area contributed by atoms with Gasteiger partial charge in [0.15, 0.2) is 0 Å². The van der Waals surface area contributed by atoms with Crippen LogP contribution in [-0.4, -0.2) is 22.1 Å². The molecule has 0 fully saturated rings. The molecule has 5 heteroatoms. The van der Waals surface area contributed by atoms with Crippen LogP contribution in [0.1, 0.15) is 31.4 Å². The second-order valence-electron chi connectivity index (χ2n) is 5.19. The summed E-state index contributed by atoms with van der Waals surface area (Å²) in [4.78, 5) is 0.240. The summed E-state index contributed by atoms with van der Waals surface area (Å²) in [7, 11) is -2.03. The predicted octanol–water partition coefficient (Wildman–Crippen LogP) is 2.64. The Morgan fingerprint density at radius 3 is 2.42 bits per heavy atom. The monoisotopic (exact) mass is 285 g/mol.